The van der Waals surface area contributed by atoms with Gasteiger partial charge in [0, 0.05) is 16.5 Å². The second-order valence-electron chi connectivity index (χ2n) is 11.2. The van der Waals surface area contributed by atoms with E-state index in [1.165, 1.54) is 25.3 Å². The van der Waals surface area contributed by atoms with E-state index in [9.17, 15) is 9.59 Å². The number of hydrogen-bond donors (Lipinski definition) is 0. The van der Waals surface area contributed by atoms with E-state index >= 15 is 0 Å². The molecule has 2 heterocycles. The standard InChI is InChI=1S/C37H21N7O2/c1-20(31-34(45)27-6-2-3-7-28(27)35(31)46)21-12-13-25-26-14-15-30(44(36-40-16-38-17-41-36)37-42-18-39-19-43-37)29-11-5-10-24(33(26)29)23-9-4-8-22(21)32(23)25/h2-19H,1H3. The first-order valence-corrected chi connectivity index (χ1v) is 14.7. The monoisotopic (exact) mass is 595 g/mol. The lowest BCUT2D eigenvalue weighted by molar-refractivity contribution is 0.0990. The second-order valence-corrected chi connectivity index (χ2v) is 11.2. The molecule has 216 valence electrons. The van der Waals surface area contributed by atoms with Crippen molar-refractivity contribution in [2.24, 2.45) is 0 Å². The summed E-state index contributed by atoms with van der Waals surface area (Å²) in [6, 6.07) is 27.8. The van der Waals surface area contributed by atoms with Crippen molar-refractivity contribution in [1.82, 2.24) is 29.9 Å². The van der Waals surface area contributed by atoms with Crippen molar-refractivity contribution in [3.05, 3.63) is 133 Å². The van der Waals surface area contributed by atoms with Gasteiger partial charge in [0.25, 0.3) is 0 Å². The molecular formula is C37H21N7O2. The maximum absolute atomic E-state index is 13.4. The summed E-state index contributed by atoms with van der Waals surface area (Å²) in [5.74, 6) is 0.322. The van der Waals surface area contributed by atoms with Crippen molar-refractivity contribution in [3.8, 4) is 0 Å². The van der Waals surface area contributed by atoms with Crippen LogP contribution in [0.1, 0.15) is 33.2 Å². The lowest BCUT2D eigenvalue weighted by Gasteiger charge is -2.23. The average Bonchev–Trinajstić information content (AvgIpc) is 3.37. The summed E-state index contributed by atoms with van der Waals surface area (Å²) in [7, 11) is 0. The van der Waals surface area contributed by atoms with Crippen LogP contribution in [0, 0.1) is 0 Å². The Hall–Kier alpha value is -6.48. The number of fused-ring (bicyclic) bond motifs is 3. The van der Waals surface area contributed by atoms with Crippen LogP contribution >= 0.6 is 0 Å². The molecule has 0 radical (unpaired) electrons. The van der Waals surface area contributed by atoms with Crippen LogP contribution in [-0.4, -0.2) is 41.5 Å². The fourth-order valence-corrected chi connectivity index (χ4v) is 6.95. The fourth-order valence-electron chi connectivity index (χ4n) is 6.95. The zero-order valence-corrected chi connectivity index (χ0v) is 24.3. The summed E-state index contributed by atoms with van der Waals surface area (Å²) in [5, 5.41) is 8.40. The largest absolute Gasteiger partial charge is 0.288 e. The molecule has 0 spiro atoms. The molecule has 9 rings (SSSR count). The van der Waals surface area contributed by atoms with Gasteiger partial charge in [-0.25, -0.2) is 34.8 Å². The predicted molar refractivity (Wildman–Crippen MR) is 177 cm³/mol. The molecule has 0 aliphatic heterocycles. The van der Waals surface area contributed by atoms with Crippen LogP contribution in [0.5, 0.6) is 0 Å². The number of aromatic nitrogens is 6. The third kappa shape index (κ3) is 3.56. The van der Waals surface area contributed by atoms with E-state index < -0.39 is 0 Å². The lowest BCUT2D eigenvalue weighted by Crippen LogP contribution is -2.16. The van der Waals surface area contributed by atoms with Gasteiger partial charge in [0.15, 0.2) is 11.6 Å². The molecule has 8 aromatic rings. The van der Waals surface area contributed by atoms with Gasteiger partial charge in [0.05, 0.1) is 11.3 Å². The molecule has 0 fully saturated rings. The van der Waals surface area contributed by atoms with E-state index in [2.05, 4.69) is 66.3 Å². The van der Waals surface area contributed by atoms with Gasteiger partial charge in [0.2, 0.25) is 11.9 Å². The summed E-state index contributed by atoms with van der Waals surface area (Å²) in [4.78, 5) is 54.3. The summed E-state index contributed by atoms with van der Waals surface area (Å²) < 4.78 is 0. The van der Waals surface area contributed by atoms with Crippen molar-refractivity contribution in [3.63, 3.8) is 0 Å². The summed E-state index contributed by atoms with van der Waals surface area (Å²) in [6.07, 6.45) is 5.77. The Morgan fingerprint density at radius 2 is 1.00 bits per heavy atom. The van der Waals surface area contributed by atoms with Gasteiger partial charge in [-0.3, -0.25) is 9.59 Å². The van der Waals surface area contributed by atoms with E-state index in [1.54, 1.807) is 29.2 Å². The van der Waals surface area contributed by atoms with Crippen LogP contribution in [0.4, 0.5) is 17.6 Å². The first-order chi connectivity index (χ1) is 22.6. The van der Waals surface area contributed by atoms with Gasteiger partial charge in [-0.05, 0) is 61.8 Å². The van der Waals surface area contributed by atoms with Crippen LogP contribution in [0.15, 0.2) is 116 Å². The second kappa shape index (κ2) is 9.76. The number of Topliss-reactive ketones (excluding diaryl/α,β-unsaturated/α-hetero) is 2. The Morgan fingerprint density at radius 3 is 1.59 bits per heavy atom. The molecule has 0 bridgehead atoms. The summed E-state index contributed by atoms with van der Waals surface area (Å²) in [6.45, 7) is 1.88. The number of ketones is 2. The zero-order valence-electron chi connectivity index (χ0n) is 24.3. The molecule has 0 unspecified atom stereocenters. The first-order valence-electron chi connectivity index (χ1n) is 14.7. The molecule has 1 aliphatic carbocycles. The van der Waals surface area contributed by atoms with Crippen LogP contribution < -0.4 is 4.90 Å². The van der Waals surface area contributed by atoms with E-state index in [4.69, 9.17) is 0 Å². The third-order valence-electron chi connectivity index (χ3n) is 8.89. The quantitative estimate of drug-likeness (QED) is 0.0886. The van der Waals surface area contributed by atoms with Gasteiger partial charge in [0.1, 0.15) is 25.3 Å². The Kier molecular flexibility index (Phi) is 5.51. The van der Waals surface area contributed by atoms with E-state index in [1.807, 2.05) is 31.2 Å². The van der Waals surface area contributed by atoms with Crippen molar-refractivity contribution in [2.45, 2.75) is 6.92 Å². The van der Waals surface area contributed by atoms with E-state index in [0.717, 1.165) is 54.3 Å². The summed E-state index contributed by atoms with van der Waals surface area (Å²) >= 11 is 0. The first kappa shape index (κ1) is 26.0. The topological polar surface area (TPSA) is 115 Å². The molecular weight excluding hydrogens is 574 g/mol. The van der Waals surface area contributed by atoms with E-state index in [-0.39, 0.29) is 17.1 Å². The highest BCUT2D eigenvalue weighted by Gasteiger charge is 2.35. The molecule has 0 saturated carbocycles. The molecule has 9 nitrogen and oxygen atoms in total. The fraction of sp³-hybridized carbons (Fsp3) is 0.0270. The van der Waals surface area contributed by atoms with Crippen LogP contribution in [-0.2, 0) is 0 Å². The van der Waals surface area contributed by atoms with Gasteiger partial charge in [-0.1, -0.05) is 78.9 Å². The molecule has 9 heteroatoms. The third-order valence-corrected chi connectivity index (χ3v) is 8.89. The Labute approximate surface area is 261 Å². The van der Waals surface area contributed by atoms with Crippen LogP contribution in [0.3, 0.4) is 0 Å². The van der Waals surface area contributed by atoms with Crippen molar-refractivity contribution in [1.29, 1.82) is 0 Å². The minimum atomic E-state index is -0.220. The Morgan fingerprint density at radius 1 is 0.522 bits per heavy atom. The number of anilines is 3. The molecule has 46 heavy (non-hydrogen) atoms. The zero-order chi connectivity index (χ0) is 30.9. The molecule has 6 aromatic carbocycles. The number of nitrogens with zero attached hydrogens (tertiary/aromatic N) is 7. The lowest BCUT2D eigenvalue weighted by atomic mass is 9.86. The number of allylic oxidation sites excluding steroid dienone is 2. The number of rotatable bonds is 4. The van der Waals surface area contributed by atoms with E-state index in [0.29, 0.717) is 28.6 Å². The van der Waals surface area contributed by atoms with Crippen molar-refractivity contribution < 1.29 is 9.59 Å². The number of hydrogen-bond acceptors (Lipinski definition) is 9. The molecule has 1 aliphatic rings. The van der Waals surface area contributed by atoms with Gasteiger partial charge in [-0.2, -0.15) is 0 Å². The Balaban J connectivity index is 1.32. The number of carbonyl (C=O) groups is 2. The number of benzene rings is 6. The maximum Gasteiger partial charge on any atom is 0.240 e. The predicted octanol–water partition coefficient (Wildman–Crippen LogP) is 7.43. The number of carbonyl (C=O) groups excluding carboxylic acids is 2. The maximum atomic E-state index is 13.4. The van der Waals surface area contributed by atoms with Gasteiger partial charge < -0.3 is 0 Å². The highest BCUT2D eigenvalue weighted by atomic mass is 16.2. The minimum absolute atomic E-state index is 0.220. The SMILES string of the molecule is CC(=C1C(=O)c2ccccc2C1=O)c1ccc2c3ccc(N(c4ncncn4)c4ncncn4)c4cccc(c5cccc1c52)c43. The minimum Gasteiger partial charge on any atom is -0.288 e. The molecule has 0 N–H and O–H groups in total. The normalized spacial score (nSPS) is 12.9. The highest BCUT2D eigenvalue weighted by Crippen LogP contribution is 2.46. The van der Waals surface area contributed by atoms with Crippen molar-refractivity contribution in [2.75, 3.05) is 4.90 Å². The Bertz CT molecular complexity index is 2490. The summed E-state index contributed by atoms with van der Waals surface area (Å²) in [5.41, 5.74) is 3.52. The average molecular weight is 596 g/mol. The molecule has 2 aromatic heterocycles. The van der Waals surface area contributed by atoms with Crippen molar-refractivity contribution >= 4 is 77.8 Å². The van der Waals surface area contributed by atoms with Crippen LogP contribution in [0.25, 0.3) is 48.7 Å². The smallest absolute Gasteiger partial charge is 0.240 e. The molecule has 0 amide bonds. The molecule has 0 atom stereocenters. The van der Waals surface area contributed by atoms with Gasteiger partial charge >= 0.3 is 0 Å². The molecule has 0 saturated heterocycles. The van der Waals surface area contributed by atoms with Gasteiger partial charge in [-0.15, -0.1) is 0 Å². The van der Waals surface area contributed by atoms with Crippen LogP contribution in [0.2, 0.25) is 0 Å². The highest BCUT2D eigenvalue weighted by molar-refractivity contribution is 6.43.